The minimum Gasteiger partial charge on any atom is -0.481 e. The Labute approximate surface area is 131 Å². The van der Waals surface area contributed by atoms with Crippen LogP contribution in [0.5, 0.6) is 5.88 Å². The van der Waals surface area contributed by atoms with Gasteiger partial charge in [-0.2, -0.15) is 0 Å². The first-order chi connectivity index (χ1) is 10.1. The van der Waals surface area contributed by atoms with Crippen molar-refractivity contribution < 1.29 is 4.74 Å². The van der Waals surface area contributed by atoms with Crippen molar-refractivity contribution in [1.82, 2.24) is 14.8 Å². The highest BCUT2D eigenvalue weighted by Crippen LogP contribution is 2.35. The molecule has 2 aliphatic heterocycles. The lowest BCUT2D eigenvalue weighted by molar-refractivity contribution is -0.0766. The van der Waals surface area contributed by atoms with E-state index in [-0.39, 0.29) is 0 Å². The second-order valence-electron chi connectivity index (χ2n) is 6.17. The molecule has 0 amide bonds. The Morgan fingerprint density at radius 2 is 2.14 bits per heavy atom. The molecule has 0 radical (unpaired) electrons. The molecule has 5 heteroatoms. The summed E-state index contributed by atoms with van der Waals surface area (Å²) in [4.78, 5) is 9.66. The lowest BCUT2D eigenvalue weighted by Crippen LogP contribution is -2.68. The molecule has 3 rings (SSSR count). The largest absolute Gasteiger partial charge is 0.481 e. The molecule has 21 heavy (non-hydrogen) atoms. The lowest BCUT2D eigenvalue weighted by Gasteiger charge is -2.57. The van der Waals surface area contributed by atoms with E-state index >= 15 is 0 Å². The third-order valence-corrected chi connectivity index (χ3v) is 5.85. The van der Waals surface area contributed by atoms with Crippen LogP contribution in [0.25, 0.3) is 0 Å². The summed E-state index contributed by atoms with van der Waals surface area (Å²) in [6.45, 7) is 7.82. The van der Waals surface area contributed by atoms with E-state index in [2.05, 4.69) is 41.0 Å². The van der Waals surface area contributed by atoms with Crippen LogP contribution >= 0.6 is 11.8 Å². The molecule has 1 aromatic rings. The highest BCUT2D eigenvalue weighted by molar-refractivity contribution is 7.99. The molecule has 0 spiro atoms. The fourth-order valence-electron chi connectivity index (χ4n) is 3.56. The number of thioether (sulfide) groups is 1. The molecule has 2 bridgehead atoms. The molecule has 0 N–H and O–H groups in total. The number of fused-ring (bicyclic) bond motifs is 2. The van der Waals surface area contributed by atoms with Crippen LogP contribution in [0.2, 0.25) is 0 Å². The average Bonchev–Trinajstić information content (AvgIpc) is 2.52. The molecular weight excluding hydrogens is 282 g/mol. The van der Waals surface area contributed by atoms with Crippen molar-refractivity contribution in [2.75, 3.05) is 26.5 Å². The van der Waals surface area contributed by atoms with Gasteiger partial charge >= 0.3 is 0 Å². The van der Waals surface area contributed by atoms with Crippen molar-refractivity contribution in [3.05, 3.63) is 23.4 Å². The van der Waals surface area contributed by atoms with Gasteiger partial charge in [-0.25, -0.2) is 4.98 Å². The minimum atomic E-state index is 0.641. The number of ether oxygens (including phenoxy) is 1. The van der Waals surface area contributed by atoms with Crippen molar-refractivity contribution in [2.45, 2.75) is 44.3 Å². The van der Waals surface area contributed by atoms with Crippen LogP contribution in [0.1, 0.15) is 24.5 Å². The monoisotopic (exact) mass is 307 g/mol. The van der Waals surface area contributed by atoms with E-state index in [9.17, 15) is 0 Å². The van der Waals surface area contributed by atoms with E-state index in [4.69, 9.17) is 4.74 Å². The summed E-state index contributed by atoms with van der Waals surface area (Å²) in [5.74, 6) is 0.738. The van der Waals surface area contributed by atoms with Gasteiger partial charge in [0.1, 0.15) is 0 Å². The van der Waals surface area contributed by atoms with E-state index in [1.54, 1.807) is 7.11 Å². The van der Waals surface area contributed by atoms with Gasteiger partial charge in [0.2, 0.25) is 5.88 Å². The first-order valence-electron chi connectivity index (χ1n) is 7.64. The Bertz CT molecular complexity index is 498. The van der Waals surface area contributed by atoms with Gasteiger partial charge in [0.05, 0.1) is 12.5 Å². The standard InChI is InChI=1S/C16H25N3OS/c1-11-5-13(7-17-16(11)20-3)8-19-14-6-15(19)10-18(9-14)12(2)21-4/h5,7,12,14-15H,6,8-10H2,1-4H3. The van der Waals surface area contributed by atoms with Gasteiger partial charge in [0.25, 0.3) is 0 Å². The van der Waals surface area contributed by atoms with Crippen LogP contribution in [0.4, 0.5) is 0 Å². The number of methoxy groups -OCH3 is 1. The fraction of sp³-hybridized carbons (Fsp3) is 0.688. The summed E-state index contributed by atoms with van der Waals surface area (Å²) >= 11 is 1.95. The fourth-order valence-corrected chi connectivity index (χ4v) is 4.03. The van der Waals surface area contributed by atoms with Crippen LogP contribution in [0.15, 0.2) is 12.3 Å². The molecule has 4 nitrogen and oxygen atoms in total. The molecule has 3 atom stereocenters. The zero-order valence-corrected chi connectivity index (χ0v) is 14.2. The number of likely N-dealkylation sites (tertiary alicyclic amines) is 2. The summed E-state index contributed by atoms with van der Waals surface area (Å²) < 4.78 is 5.24. The summed E-state index contributed by atoms with van der Waals surface area (Å²) in [5.41, 5.74) is 2.42. The maximum absolute atomic E-state index is 5.24. The second kappa shape index (κ2) is 6.15. The van der Waals surface area contributed by atoms with E-state index < -0.39 is 0 Å². The number of aryl methyl sites for hydroxylation is 1. The normalized spacial score (nSPS) is 27.2. The number of aromatic nitrogens is 1. The van der Waals surface area contributed by atoms with Crippen molar-refractivity contribution in [1.29, 1.82) is 0 Å². The van der Waals surface area contributed by atoms with Gasteiger partial charge in [0.15, 0.2) is 0 Å². The topological polar surface area (TPSA) is 28.6 Å². The molecule has 0 saturated carbocycles. The van der Waals surface area contributed by atoms with Crippen LogP contribution in [0, 0.1) is 6.92 Å². The first-order valence-corrected chi connectivity index (χ1v) is 8.93. The van der Waals surface area contributed by atoms with Gasteiger partial charge in [-0.05, 0) is 38.2 Å². The van der Waals surface area contributed by atoms with E-state index in [1.165, 1.54) is 25.1 Å². The lowest BCUT2D eigenvalue weighted by atomic mass is 9.87. The molecule has 2 fully saturated rings. The Kier molecular flexibility index (Phi) is 4.43. The second-order valence-corrected chi connectivity index (χ2v) is 7.33. The molecule has 3 heterocycles. The van der Waals surface area contributed by atoms with Crippen LogP contribution in [-0.2, 0) is 6.54 Å². The van der Waals surface area contributed by atoms with Gasteiger partial charge < -0.3 is 4.74 Å². The predicted molar refractivity (Wildman–Crippen MR) is 87.8 cm³/mol. The van der Waals surface area contributed by atoms with Gasteiger partial charge in [-0.3, -0.25) is 9.80 Å². The van der Waals surface area contributed by atoms with Crippen molar-refractivity contribution >= 4 is 11.8 Å². The third-order valence-electron chi connectivity index (χ3n) is 4.87. The zero-order valence-electron chi connectivity index (χ0n) is 13.4. The molecule has 0 aliphatic carbocycles. The number of nitrogens with zero attached hydrogens (tertiary/aromatic N) is 3. The Morgan fingerprint density at radius 3 is 2.71 bits per heavy atom. The number of hydrogen-bond acceptors (Lipinski definition) is 5. The quantitative estimate of drug-likeness (QED) is 0.833. The highest BCUT2D eigenvalue weighted by Gasteiger charge is 2.45. The maximum atomic E-state index is 5.24. The zero-order chi connectivity index (χ0) is 15.0. The van der Waals surface area contributed by atoms with E-state index in [0.29, 0.717) is 5.37 Å². The van der Waals surface area contributed by atoms with Crippen LogP contribution in [-0.4, -0.2) is 58.7 Å². The predicted octanol–water partition coefficient (Wildman–Crippen LogP) is 2.37. The van der Waals surface area contributed by atoms with Gasteiger partial charge in [-0.1, -0.05) is 0 Å². The van der Waals surface area contributed by atoms with Gasteiger partial charge in [-0.15, -0.1) is 11.8 Å². The smallest absolute Gasteiger partial charge is 0.215 e. The number of pyridine rings is 1. The van der Waals surface area contributed by atoms with Crippen LogP contribution in [0.3, 0.4) is 0 Å². The molecule has 2 aliphatic rings. The molecule has 116 valence electrons. The van der Waals surface area contributed by atoms with E-state index in [0.717, 1.165) is 30.1 Å². The molecule has 0 aromatic carbocycles. The maximum Gasteiger partial charge on any atom is 0.215 e. The van der Waals surface area contributed by atoms with Crippen molar-refractivity contribution in [3.63, 3.8) is 0 Å². The number of piperazine rings is 1. The van der Waals surface area contributed by atoms with Crippen molar-refractivity contribution in [3.8, 4) is 5.88 Å². The van der Waals surface area contributed by atoms with Gasteiger partial charge in [0, 0.05) is 43.5 Å². The number of rotatable bonds is 5. The van der Waals surface area contributed by atoms with E-state index in [1.807, 2.05) is 18.0 Å². The Hall–Kier alpha value is -0.780. The van der Waals surface area contributed by atoms with Crippen molar-refractivity contribution in [2.24, 2.45) is 0 Å². The summed E-state index contributed by atoms with van der Waals surface area (Å²) in [5, 5.41) is 0.641. The Morgan fingerprint density at radius 1 is 1.43 bits per heavy atom. The summed E-state index contributed by atoms with van der Waals surface area (Å²) in [6, 6.07) is 3.66. The molecule has 2 saturated heterocycles. The molecular formula is C16H25N3OS. The third kappa shape index (κ3) is 2.91. The molecule has 3 unspecified atom stereocenters. The number of hydrogen-bond donors (Lipinski definition) is 0. The van der Waals surface area contributed by atoms with Crippen LogP contribution < -0.4 is 4.74 Å². The SMILES string of the molecule is COc1ncc(CN2C3CC2CN(C(C)SC)C3)cc1C. The average molecular weight is 307 g/mol. The first kappa shape index (κ1) is 15.1. The minimum absolute atomic E-state index is 0.641. The highest BCUT2D eigenvalue weighted by atomic mass is 32.2. The summed E-state index contributed by atoms with van der Waals surface area (Å²) in [7, 11) is 1.68. The number of piperidine rings is 1. The molecule has 1 aromatic heterocycles. The Balaban J connectivity index is 1.62. The summed E-state index contributed by atoms with van der Waals surface area (Å²) in [6.07, 6.45) is 5.52.